The number of ether oxygens (including phenoxy) is 3. The van der Waals surface area contributed by atoms with Crippen LogP contribution >= 0.6 is 27.3 Å². The number of hydrogen-bond donors (Lipinski definition) is 0. The summed E-state index contributed by atoms with van der Waals surface area (Å²) in [7, 11) is 7.04. The SMILES string of the molecule is CCOC(=O)C1=C(C)N=c2sc(=Cc3cc(OC)c(OC)cc3Br)c(=O)n2C1c1ccc(N(C)C)cc1. The first-order valence-electron chi connectivity index (χ1n) is 11.6. The Bertz CT molecular complexity index is 1550. The minimum atomic E-state index is -0.664. The van der Waals surface area contributed by atoms with Crippen LogP contribution in [0.5, 0.6) is 11.5 Å². The summed E-state index contributed by atoms with van der Waals surface area (Å²) in [6.45, 7) is 3.75. The van der Waals surface area contributed by atoms with Crippen LogP contribution < -0.4 is 29.3 Å². The lowest BCUT2D eigenvalue weighted by atomic mass is 9.95. The van der Waals surface area contributed by atoms with Gasteiger partial charge in [-0.15, -0.1) is 0 Å². The molecule has 10 heteroatoms. The van der Waals surface area contributed by atoms with Gasteiger partial charge in [-0.05, 0) is 55.3 Å². The second kappa shape index (κ2) is 10.9. The molecular formula is C27H28BrN3O5S. The van der Waals surface area contributed by atoms with Gasteiger partial charge in [-0.2, -0.15) is 0 Å². The lowest BCUT2D eigenvalue weighted by Crippen LogP contribution is -2.40. The highest BCUT2D eigenvalue weighted by Gasteiger charge is 2.33. The molecule has 0 N–H and O–H groups in total. The van der Waals surface area contributed by atoms with Gasteiger partial charge >= 0.3 is 5.97 Å². The molecular weight excluding hydrogens is 558 g/mol. The van der Waals surface area contributed by atoms with E-state index in [4.69, 9.17) is 14.2 Å². The second-order valence-corrected chi connectivity index (χ2v) is 10.4. The molecule has 1 unspecified atom stereocenters. The third kappa shape index (κ3) is 5.08. The van der Waals surface area contributed by atoms with Crippen molar-refractivity contribution in [1.29, 1.82) is 0 Å². The van der Waals surface area contributed by atoms with Gasteiger partial charge in [0.05, 0.1) is 42.7 Å². The van der Waals surface area contributed by atoms with Gasteiger partial charge in [0.2, 0.25) is 0 Å². The van der Waals surface area contributed by atoms with Crippen LogP contribution in [0.4, 0.5) is 5.69 Å². The van der Waals surface area contributed by atoms with E-state index in [1.54, 1.807) is 50.8 Å². The van der Waals surface area contributed by atoms with E-state index in [0.29, 0.717) is 32.1 Å². The third-order valence-electron chi connectivity index (χ3n) is 6.03. The number of halogens is 1. The van der Waals surface area contributed by atoms with Crippen molar-refractivity contribution in [3.63, 3.8) is 0 Å². The van der Waals surface area contributed by atoms with Gasteiger partial charge < -0.3 is 19.1 Å². The standard InChI is InChI=1S/C27H28BrN3O5S/c1-7-36-26(33)23-15(2)29-27-31(24(23)16-8-10-18(11-9-16)30(3)4)25(32)22(37-27)13-17-12-20(34-5)21(35-6)14-19(17)28/h8-14,24H,7H2,1-6H3. The number of fused-ring (bicyclic) bond motifs is 1. The number of methoxy groups -OCH3 is 2. The fourth-order valence-corrected chi connectivity index (χ4v) is 5.66. The van der Waals surface area contributed by atoms with E-state index in [9.17, 15) is 9.59 Å². The topological polar surface area (TPSA) is 82.4 Å². The molecule has 0 spiro atoms. The average Bonchev–Trinajstić information content (AvgIpc) is 3.18. The Balaban J connectivity index is 1.94. The molecule has 37 heavy (non-hydrogen) atoms. The summed E-state index contributed by atoms with van der Waals surface area (Å²) in [5.74, 6) is 0.634. The van der Waals surface area contributed by atoms with Crippen LogP contribution in [0.15, 0.2) is 61.9 Å². The van der Waals surface area contributed by atoms with Crippen LogP contribution in [0.3, 0.4) is 0 Å². The van der Waals surface area contributed by atoms with Crippen molar-refractivity contribution in [3.8, 4) is 11.5 Å². The fraction of sp³-hybridized carbons (Fsp3) is 0.296. The summed E-state index contributed by atoms with van der Waals surface area (Å²) in [6.07, 6.45) is 1.78. The van der Waals surface area contributed by atoms with E-state index < -0.39 is 12.0 Å². The van der Waals surface area contributed by atoms with E-state index >= 15 is 0 Å². The minimum absolute atomic E-state index is 0.222. The predicted octanol–water partition coefficient (Wildman–Crippen LogP) is 3.64. The number of thiazole rings is 1. The molecule has 0 radical (unpaired) electrons. The predicted molar refractivity (Wildman–Crippen MR) is 148 cm³/mol. The van der Waals surface area contributed by atoms with Crippen molar-refractivity contribution in [2.24, 2.45) is 4.99 Å². The highest BCUT2D eigenvalue weighted by atomic mass is 79.9. The summed E-state index contributed by atoms with van der Waals surface area (Å²) in [5, 5.41) is 0. The number of hydrogen-bond acceptors (Lipinski definition) is 8. The molecule has 3 aromatic rings. The molecule has 8 nitrogen and oxygen atoms in total. The van der Waals surface area contributed by atoms with E-state index in [1.165, 1.54) is 11.3 Å². The van der Waals surface area contributed by atoms with Crippen LogP contribution in [-0.4, -0.2) is 45.5 Å². The maximum absolute atomic E-state index is 13.8. The summed E-state index contributed by atoms with van der Waals surface area (Å²) >= 11 is 4.83. The molecule has 194 valence electrons. The first-order valence-corrected chi connectivity index (χ1v) is 13.2. The Hall–Kier alpha value is -3.37. The Morgan fingerprint density at radius 1 is 1.16 bits per heavy atom. The molecule has 0 saturated carbocycles. The van der Waals surface area contributed by atoms with Crippen LogP contribution in [0.1, 0.15) is 31.0 Å². The van der Waals surface area contributed by atoms with Gasteiger partial charge in [-0.1, -0.05) is 39.4 Å². The minimum Gasteiger partial charge on any atom is -0.493 e. The van der Waals surface area contributed by atoms with Gasteiger partial charge in [-0.3, -0.25) is 9.36 Å². The van der Waals surface area contributed by atoms with E-state index in [-0.39, 0.29) is 12.2 Å². The first-order chi connectivity index (χ1) is 17.7. The van der Waals surface area contributed by atoms with E-state index in [1.807, 2.05) is 43.3 Å². The highest BCUT2D eigenvalue weighted by Crippen LogP contribution is 2.34. The van der Waals surface area contributed by atoms with Gasteiger partial charge in [0.15, 0.2) is 16.3 Å². The first kappa shape index (κ1) is 26.7. The van der Waals surface area contributed by atoms with Gasteiger partial charge in [-0.25, -0.2) is 9.79 Å². The van der Waals surface area contributed by atoms with Crippen LogP contribution in [0.25, 0.3) is 6.08 Å². The summed E-state index contributed by atoms with van der Waals surface area (Å²) in [6, 6.07) is 10.7. The van der Waals surface area contributed by atoms with Gasteiger partial charge in [0, 0.05) is 24.3 Å². The lowest BCUT2D eigenvalue weighted by molar-refractivity contribution is -0.139. The third-order valence-corrected chi connectivity index (χ3v) is 7.70. The molecule has 0 bridgehead atoms. The lowest BCUT2D eigenvalue weighted by Gasteiger charge is -2.25. The molecule has 0 saturated heterocycles. The van der Waals surface area contributed by atoms with E-state index in [2.05, 4.69) is 20.9 Å². The number of aromatic nitrogens is 1. The second-order valence-electron chi connectivity index (χ2n) is 8.52. The van der Waals surface area contributed by atoms with Gasteiger partial charge in [0.25, 0.3) is 5.56 Å². The number of esters is 1. The van der Waals surface area contributed by atoms with Crippen molar-refractivity contribution >= 4 is 45.0 Å². The summed E-state index contributed by atoms with van der Waals surface area (Å²) in [4.78, 5) is 34.0. The largest absolute Gasteiger partial charge is 0.493 e. The molecule has 0 amide bonds. The smallest absolute Gasteiger partial charge is 0.338 e. The normalized spacial score (nSPS) is 15.2. The number of benzene rings is 2. The van der Waals surface area contributed by atoms with Crippen LogP contribution in [0.2, 0.25) is 0 Å². The van der Waals surface area contributed by atoms with Crippen molar-refractivity contribution in [1.82, 2.24) is 4.57 Å². The molecule has 1 atom stereocenters. The molecule has 0 aliphatic carbocycles. The number of nitrogens with zero attached hydrogens (tertiary/aromatic N) is 3. The molecule has 2 aromatic carbocycles. The zero-order valence-corrected chi connectivity index (χ0v) is 23.9. The zero-order chi connectivity index (χ0) is 26.9. The average molecular weight is 587 g/mol. The van der Waals surface area contributed by atoms with Crippen LogP contribution in [-0.2, 0) is 9.53 Å². The number of allylic oxidation sites excluding steroid dienone is 1. The number of carbonyl (C=O) groups excluding carboxylic acids is 1. The van der Waals surface area contributed by atoms with Crippen molar-refractivity contribution in [2.75, 3.05) is 39.8 Å². The maximum atomic E-state index is 13.8. The molecule has 0 fully saturated rings. The van der Waals surface area contributed by atoms with Gasteiger partial charge in [0.1, 0.15) is 0 Å². The van der Waals surface area contributed by atoms with Crippen molar-refractivity contribution < 1.29 is 19.0 Å². The molecule has 4 rings (SSSR count). The number of carbonyl (C=O) groups is 1. The van der Waals surface area contributed by atoms with Crippen molar-refractivity contribution in [3.05, 3.63) is 83.0 Å². The molecule has 1 aliphatic rings. The maximum Gasteiger partial charge on any atom is 0.338 e. The Labute approximate surface area is 227 Å². The van der Waals surface area contributed by atoms with E-state index in [0.717, 1.165) is 21.3 Å². The van der Waals surface area contributed by atoms with Crippen LogP contribution in [0, 0.1) is 0 Å². The summed E-state index contributed by atoms with van der Waals surface area (Å²) < 4.78 is 19.0. The Kier molecular flexibility index (Phi) is 7.89. The Morgan fingerprint density at radius 3 is 2.41 bits per heavy atom. The molecule has 2 heterocycles. The fourth-order valence-electron chi connectivity index (χ4n) is 4.18. The quantitative estimate of drug-likeness (QED) is 0.394. The highest BCUT2D eigenvalue weighted by molar-refractivity contribution is 9.10. The number of rotatable bonds is 7. The van der Waals surface area contributed by atoms with Crippen molar-refractivity contribution in [2.45, 2.75) is 19.9 Å². The molecule has 1 aromatic heterocycles. The monoisotopic (exact) mass is 585 g/mol. The zero-order valence-electron chi connectivity index (χ0n) is 21.5. The molecule has 1 aliphatic heterocycles. The summed E-state index contributed by atoms with van der Waals surface area (Å²) in [5.41, 5.74) is 3.18. The Morgan fingerprint density at radius 2 is 1.81 bits per heavy atom. The number of anilines is 1.